The molecule has 1 aliphatic rings. The van der Waals surface area contributed by atoms with Gasteiger partial charge >= 0.3 is 0 Å². The van der Waals surface area contributed by atoms with E-state index in [0.29, 0.717) is 24.4 Å². The lowest BCUT2D eigenvalue weighted by molar-refractivity contribution is -0.120. The smallest absolute Gasteiger partial charge is 0.251 e. The Morgan fingerprint density at radius 3 is 2.60 bits per heavy atom. The molecule has 0 bridgehead atoms. The molecule has 0 aliphatic heterocycles. The zero-order chi connectivity index (χ0) is 17.6. The lowest BCUT2D eigenvalue weighted by Gasteiger charge is -2.12. The molecule has 0 atom stereocenters. The number of carbonyl (C=O) groups is 2. The van der Waals surface area contributed by atoms with Crippen LogP contribution in [-0.2, 0) is 11.3 Å². The minimum Gasteiger partial charge on any atom is -0.352 e. The van der Waals surface area contributed by atoms with Crippen molar-refractivity contribution in [3.05, 3.63) is 59.7 Å². The van der Waals surface area contributed by atoms with Gasteiger partial charge in [0, 0.05) is 25.1 Å². The normalized spacial score (nSPS) is 13.3. The molecule has 2 N–H and O–H groups in total. The van der Waals surface area contributed by atoms with E-state index >= 15 is 0 Å². The molecule has 0 heterocycles. The second-order valence-corrected chi connectivity index (χ2v) is 6.52. The van der Waals surface area contributed by atoms with Crippen molar-refractivity contribution in [2.24, 2.45) is 5.92 Å². The quantitative estimate of drug-likeness (QED) is 0.813. The second kappa shape index (κ2) is 7.97. The Balaban J connectivity index is 1.77. The molecular formula is C21H24N2O2. The van der Waals surface area contributed by atoms with Crippen LogP contribution >= 0.6 is 0 Å². The molecule has 0 radical (unpaired) electrons. The summed E-state index contributed by atoms with van der Waals surface area (Å²) >= 11 is 0. The van der Waals surface area contributed by atoms with E-state index in [4.69, 9.17) is 0 Å². The fourth-order valence-electron chi connectivity index (χ4n) is 2.76. The zero-order valence-corrected chi connectivity index (χ0v) is 14.5. The van der Waals surface area contributed by atoms with Crippen molar-refractivity contribution in [2.75, 3.05) is 6.54 Å². The van der Waals surface area contributed by atoms with Gasteiger partial charge < -0.3 is 10.6 Å². The first kappa shape index (κ1) is 17.2. The van der Waals surface area contributed by atoms with Gasteiger partial charge in [0.05, 0.1) is 0 Å². The molecule has 0 aromatic heterocycles. The summed E-state index contributed by atoms with van der Waals surface area (Å²) in [4.78, 5) is 23.9. The number of hydrogen-bond acceptors (Lipinski definition) is 2. The summed E-state index contributed by atoms with van der Waals surface area (Å²) in [6.07, 6.45) is 2.91. The van der Waals surface area contributed by atoms with Crippen molar-refractivity contribution < 1.29 is 9.59 Å². The maximum atomic E-state index is 12.3. The van der Waals surface area contributed by atoms with Crippen LogP contribution in [0.3, 0.4) is 0 Å². The topological polar surface area (TPSA) is 58.2 Å². The molecule has 1 aliphatic carbocycles. The maximum absolute atomic E-state index is 12.3. The van der Waals surface area contributed by atoms with E-state index in [2.05, 4.69) is 10.6 Å². The zero-order valence-electron chi connectivity index (χ0n) is 14.5. The molecule has 2 aromatic rings. The van der Waals surface area contributed by atoms with Crippen LogP contribution in [0.2, 0.25) is 0 Å². The Kier molecular flexibility index (Phi) is 5.49. The summed E-state index contributed by atoms with van der Waals surface area (Å²) < 4.78 is 0. The predicted molar refractivity (Wildman–Crippen MR) is 99.1 cm³/mol. The van der Waals surface area contributed by atoms with Crippen LogP contribution in [0.5, 0.6) is 0 Å². The first-order valence-corrected chi connectivity index (χ1v) is 8.90. The largest absolute Gasteiger partial charge is 0.352 e. The summed E-state index contributed by atoms with van der Waals surface area (Å²) in [6.45, 7) is 3.09. The second-order valence-electron chi connectivity index (χ2n) is 6.52. The Morgan fingerprint density at radius 2 is 1.84 bits per heavy atom. The van der Waals surface area contributed by atoms with E-state index in [-0.39, 0.29) is 11.8 Å². The molecule has 4 heteroatoms. The predicted octanol–water partition coefficient (Wildman–Crippen LogP) is 3.52. The SMILES string of the molecule is CCC(=O)NCc1ccccc1-c1cccc(C(=O)NCC2CC2)c1. The number of hydrogen-bond donors (Lipinski definition) is 2. The van der Waals surface area contributed by atoms with E-state index in [0.717, 1.165) is 23.2 Å². The molecule has 1 saturated carbocycles. The summed E-state index contributed by atoms with van der Waals surface area (Å²) in [6, 6.07) is 15.6. The monoisotopic (exact) mass is 336 g/mol. The molecule has 130 valence electrons. The molecule has 25 heavy (non-hydrogen) atoms. The van der Waals surface area contributed by atoms with Gasteiger partial charge in [-0.25, -0.2) is 0 Å². The summed E-state index contributed by atoms with van der Waals surface area (Å²) in [5.41, 5.74) is 3.74. The highest BCUT2D eigenvalue weighted by Gasteiger charge is 2.22. The van der Waals surface area contributed by atoms with Crippen LogP contribution in [0.1, 0.15) is 42.1 Å². The highest BCUT2D eigenvalue weighted by Crippen LogP contribution is 2.28. The lowest BCUT2D eigenvalue weighted by atomic mass is 9.98. The van der Waals surface area contributed by atoms with Crippen molar-refractivity contribution >= 4 is 11.8 Å². The number of amides is 2. The van der Waals surface area contributed by atoms with Gasteiger partial charge in [0.1, 0.15) is 0 Å². The summed E-state index contributed by atoms with van der Waals surface area (Å²) in [5.74, 6) is 0.670. The first-order chi connectivity index (χ1) is 12.2. The molecule has 2 amide bonds. The third-order valence-electron chi connectivity index (χ3n) is 4.50. The molecular weight excluding hydrogens is 312 g/mol. The van der Waals surface area contributed by atoms with Gasteiger partial charge in [0.15, 0.2) is 0 Å². The Morgan fingerprint density at radius 1 is 1.04 bits per heavy atom. The van der Waals surface area contributed by atoms with Crippen LogP contribution in [0.25, 0.3) is 11.1 Å². The van der Waals surface area contributed by atoms with Gasteiger partial charge in [-0.3, -0.25) is 9.59 Å². The van der Waals surface area contributed by atoms with Crippen molar-refractivity contribution in [1.82, 2.24) is 10.6 Å². The Labute approximate surface area is 148 Å². The van der Waals surface area contributed by atoms with Gasteiger partial charge in [-0.05, 0) is 47.6 Å². The molecule has 3 rings (SSSR count). The van der Waals surface area contributed by atoms with Crippen molar-refractivity contribution in [1.29, 1.82) is 0 Å². The van der Waals surface area contributed by atoms with Gasteiger partial charge in [0.25, 0.3) is 5.91 Å². The van der Waals surface area contributed by atoms with E-state index in [1.165, 1.54) is 12.8 Å². The lowest BCUT2D eigenvalue weighted by Crippen LogP contribution is -2.25. The van der Waals surface area contributed by atoms with Gasteiger partial charge in [-0.1, -0.05) is 43.3 Å². The van der Waals surface area contributed by atoms with Crippen LogP contribution in [-0.4, -0.2) is 18.4 Å². The Bertz CT molecular complexity index is 766. The van der Waals surface area contributed by atoms with Crippen molar-refractivity contribution in [2.45, 2.75) is 32.7 Å². The van der Waals surface area contributed by atoms with Crippen molar-refractivity contribution in [3.63, 3.8) is 0 Å². The molecule has 0 unspecified atom stereocenters. The fraction of sp³-hybridized carbons (Fsp3) is 0.333. The average Bonchev–Trinajstić information content (AvgIpc) is 3.49. The van der Waals surface area contributed by atoms with Crippen LogP contribution in [0.4, 0.5) is 0 Å². The van der Waals surface area contributed by atoms with E-state index < -0.39 is 0 Å². The van der Waals surface area contributed by atoms with Crippen LogP contribution in [0.15, 0.2) is 48.5 Å². The standard InChI is InChI=1S/C21H24N2O2/c1-2-20(24)22-14-18-6-3-4-9-19(18)16-7-5-8-17(12-16)21(25)23-13-15-10-11-15/h3-9,12,15H,2,10-11,13-14H2,1H3,(H,22,24)(H,23,25). The van der Waals surface area contributed by atoms with E-state index in [9.17, 15) is 9.59 Å². The molecule has 4 nitrogen and oxygen atoms in total. The summed E-state index contributed by atoms with van der Waals surface area (Å²) in [5, 5.41) is 5.92. The average molecular weight is 336 g/mol. The molecule has 2 aromatic carbocycles. The first-order valence-electron chi connectivity index (χ1n) is 8.90. The maximum Gasteiger partial charge on any atom is 0.251 e. The van der Waals surface area contributed by atoms with E-state index in [1.54, 1.807) is 0 Å². The van der Waals surface area contributed by atoms with Crippen molar-refractivity contribution in [3.8, 4) is 11.1 Å². The number of nitrogens with one attached hydrogen (secondary N) is 2. The number of benzene rings is 2. The van der Waals surface area contributed by atoms with Crippen LogP contribution < -0.4 is 10.6 Å². The fourth-order valence-corrected chi connectivity index (χ4v) is 2.76. The highest BCUT2D eigenvalue weighted by atomic mass is 16.2. The third kappa shape index (κ3) is 4.69. The minimum absolute atomic E-state index is 0.0227. The van der Waals surface area contributed by atoms with Gasteiger partial charge in [0.2, 0.25) is 5.91 Å². The number of carbonyl (C=O) groups excluding carboxylic acids is 2. The highest BCUT2D eigenvalue weighted by molar-refractivity contribution is 5.95. The molecule has 1 fully saturated rings. The Hall–Kier alpha value is -2.62. The minimum atomic E-state index is -0.0227. The number of rotatable bonds is 7. The molecule has 0 saturated heterocycles. The summed E-state index contributed by atoms with van der Waals surface area (Å²) in [7, 11) is 0. The van der Waals surface area contributed by atoms with Gasteiger partial charge in [-0.2, -0.15) is 0 Å². The third-order valence-corrected chi connectivity index (χ3v) is 4.50. The van der Waals surface area contributed by atoms with Crippen LogP contribution in [0, 0.1) is 5.92 Å². The van der Waals surface area contributed by atoms with Gasteiger partial charge in [-0.15, -0.1) is 0 Å². The molecule has 0 spiro atoms. The van der Waals surface area contributed by atoms with E-state index in [1.807, 2.05) is 55.5 Å².